The van der Waals surface area contributed by atoms with Crippen molar-refractivity contribution in [1.29, 1.82) is 0 Å². The Morgan fingerprint density at radius 3 is 2.12 bits per heavy atom. The van der Waals surface area contributed by atoms with E-state index < -0.39 is 23.9 Å². The number of hydrogen-bond donors (Lipinski definition) is 4. The minimum absolute atomic E-state index is 0.259. The molecule has 49 heavy (non-hydrogen) atoms. The Morgan fingerprint density at radius 2 is 1.51 bits per heavy atom. The van der Waals surface area contributed by atoms with Crippen LogP contribution < -0.4 is 10.2 Å². The number of rotatable bonds is 11. The minimum Gasteiger partial charge on any atom is -0.507 e. The summed E-state index contributed by atoms with van der Waals surface area (Å²) in [5, 5.41) is 36.2. The number of para-hydroxylation sites is 1. The SMILES string of the molecule is CCC1=C([C@H](O)CC/C(=C/c2cc(C)c(O)c(C)c2)c2ccccc2)[C@H](CO)[C@@H]2C(=O)N(c3ccc(Nc4ccccc4)cc3)C(=O)[C@@H]2C1. The maximum absolute atomic E-state index is 14.0. The van der Waals surface area contributed by atoms with Gasteiger partial charge >= 0.3 is 0 Å². The monoisotopic (exact) mass is 656 g/mol. The smallest absolute Gasteiger partial charge is 0.238 e. The topological polar surface area (TPSA) is 110 Å². The first kappa shape index (κ1) is 33.9. The molecule has 1 saturated heterocycles. The van der Waals surface area contributed by atoms with Gasteiger partial charge in [0, 0.05) is 17.3 Å². The Bertz CT molecular complexity index is 1860. The van der Waals surface area contributed by atoms with Crippen LogP contribution in [0.2, 0.25) is 0 Å². The number of phenolic OH excluding ortho intramolecular Hbond substituents is 1. The summed E-state index contributed by atoms with van der Waals surface area (Å²) in [6, 6.07) is 30.9. The molecule has 4 aromatic carbocycles. The summed E-state index contributed by atoms with van der Waals surface area (Å²) in [6.07, 6.45) is 3.11. The Morgan fingerprint density at radius 1 is 0.898 bits per heavy atom. The molecule has 2 amide bonds. The fourth-order valence-electron chi connectivity index (χ4n) is 7.61. The lowest BCUT2D eigenvalue weighted by molar-refractivity contribution is -0.123. The van der Waals surface area contributed by atoms with Gasteiger partial charge in [0.05, 0.1) is 30.2 Å². The molecule has 1 aliphatic heterocycles. The molecule has 4 aromatic rings. The van der Waals surface area contributed by atoms with Crippen LogP contribution in [0.15, 0.2) is 108 Å². The second-order valence-corrected chi connectivity index (χ2v) is 13.2. The number of nitrogens with zero attached hydrogens (tertiary/aromatic N) is 1. The zero-order chi connectivity index (χ0) is 34.7. The van der Waals surface area contributed by atoms with Gasteiger partial charge in [0.25, 0.3) is 0 Å². The van der Waals surface area contributed by atoms with E-state index in [4.69, 9.17) is 0 Å². The first-order valence-corrected chi connectivity index (χ1v) is 17.1. The molecule has 0 unspecified atom stereocenters. The van der Waals surface area contributed by atoms with Gasteiger partial charge in [0.1, 0.15) is 5.75 Å². The first-order valence-electron chi connectivity index (χ1n) is 17.1. The van der Waals surface area contributed by atoms with E-state index in [0.717, 1.165) is 44.8 Å². The van der Waals surface area contributed by atoms with Crippen molar-refractivity contribution >= 4 is 40.5 Å². The van der Waals surface area contributed by atoms with Crippen LogP contribution in [0.3, 0.4) is 0 Å². The lowest BCUT2D eigenvalue weighted by atomic mass is 9.67. The third-order valence-corrected chi connectivity index (χ3v) is 10.0. The van der Waals surface area contributed by atoms with E-state index in [1.165, 1.54) is 4.90 Å². The number of aliphatic hydroxyl groups excluding tert-OH is 2. The van der Waals surface area contributed by atoms with Gasteiger partial charge in [-0.2, -0.15) is 0 Å². The number of nitrogens with one attached hydrogen (secondary N) is 1. The zero-order valence-electron chi connectivity index (χ0n) is 28.3. The van der Waals surface area contributed by atoms with E-state index in [0.29, 0.717) is 36.9 Å². The fraction of sp³-hybridized carbons (Fsp3) is 0.286. The number of anilines is 3. The quantitative estimate of drug-likeness (QED) is 0.0741. The highest BCUT2D eigenvalue weighted by atomic mass is 16.3. The molecule has 0 spiro atoms. The van der Waals surface area contributed by atoms with Crippen molar-refractivity contribution < 1.29 is 24.9 Å². The molecule has 4 N–H and O–H groups in total. The molecular formula is C42H44N2O5. The van der Waals surface area contributed by atoms with Crippen LogP contribution >= 0.6 is 0 Å². The molecule has 1 heterocycles. The van der Waals surface area contributed by atoms with Gasteiger partial charge in [-0.15, -0.1) is 0 Å². The summed E-state index contributed by atoms with van der Waals surface area (Å²) in [5.41, 5.74) is 8.50. The van der Waals surface area contributed by atoms with Gasteiger partial charge in [0.2, 0.25) is 11.8 Å². The number of aliphatic hydroxyl groups is 2. The van der Waals surface area contributed by atoms with E-state index in [1.54, 1.807) is 12.1 Å². The maximum Gasteiger partial charge on any atom is 0.238 e. The largest absolute Gasteiger partial charge is 0.507 e. The predicted octanol–water partition coefficient (Wildman–Crippen LogP) is 7.96. The van der Waals surface area contributed by atoms with Crippen molar-refractivity contribution in [2.24, 2.45) is 17.8 Å². The molecule has 2 aliphatic rings. The average molecular weight is 657 g/mol. The second kappa shape index (κ2) is 14.6. The Hall–Kier alpha value is -4.98. The van der Waals surface area contributed by atoms with Crippen LogP contribution in [0.4, 0.5) is 17.1 Å². The van der Waals surface area contributed by atoms with Gasteiger partial charge in [-0.1, -0.05) is 67.1 Å². The summed E-state index contributed by atoms with van der Waals surface area (Å²) >= 11 is 0. The maximum atomic E-state index is 14.0. The minimum atomic E-state index is -0.899. The van der Waals surface area contributed by atoms with Crippen LogP contribution in [0.5, 0.6) is 5.75 Å². The van der Waals surface area contributed by atoms with Gasteiger partial charge in [-0.3, -0.25) is 14.5 Å². The van der Waals surface area contributed by atoms with Crippen molar-refractivity contribution in [2.75, 3.05) is 16.8 Å². The number of allylic oxidation sites excluding steroid dienone is 2. The molecule has 0 saturated carbocycles. The summed E-state index contributed by atoms with van der Waals surface area (Å²) in [6.45, 7) is 5.42. The number of carbonyl (C=O) groups is 2. The van der Waals surface area contributed by atoms with E-state index in [2.05, 4.69) is 11.4 Å². The normalized spacial score (nSPS) is 20.1. The summed E-state index contributed by atoms with van der Waals surface area (Å²) < 4.78 is 0. The molecule has 0 radical (unpaired) electrons. The molecule has 7 heteroatoms. The number of imide groups is 1. The Kier molecular flexibility index (Phi) is 10.1. The third kappa shape index (κ3) is 6.95. The molecule has 7 nitrogen and oxygen atoms in total. The Labute approximate surface area is 288 Å². The van der Waals surface area contributed by atoms with Crippen molar-refractivity contribution in [3.8, 4) is 5.75 Å². The van der Waals surface area contributed by atoms with Crippen LogP contribution in [-0.2, 0) is 9.59 Å². The highest BCUT2D eigenvalue weighted by molar-refractivity contribution is 6.22. The fourth-order valence-corrected chi connectivity index (χ4v) is 7.61. The molecule has 1 fully saturated rings. The van der Waals surface area contributed by atoms with Crippen molar-refractivity contribution in [2.45, 2.75) is 52.6 Å². The van der Waals surface area contributed by atoms with Crippen molar-refractivity contribution in [1.82, 2.24) is 0 Å². The van der Waals surface area contributed by atoms with Crippen molar-refractivity contribution in [3.63, 3.8) is 0 Å². The van der Waals surface area contributed by atoms with E-state index in [-0.39, 0.29) is 24.2 Å². The number of aromatic hydroxyl groups is 1. The summed E-state index contributed by atoms with van der Waals surface area (Å²) in [7, 11) is 0. The molecule has 0 aromatic heterocycles. The molecule has 252 valence electrons. The number of benzene rings is 4. The molecule has 0 bridgehead atoms. The Balaban J connectivity index is 1.24. The zero-order valence-corrected chi connectivity index (χ0v) is 28.3. The van der Waals surface area contributed by atoms with Gasteiger partial charge in [0.15, 0.2) is 0 Å². The average Bonchev–Trinajstić information content (AvgIpc) is 3.37. The van der Waals surface area contributed by atoms with Gasteiger partial charge in [-0.05, 0) is 121 Å². The number of hydrogen-bond acceptors (Lipinski definition) is 6. The number of fused-ring (bicyclic) bond motifs is 1. The van der Waals surface area contributed by atoms with Crippen LogP contribution in [0.25, 0.3) is 11.6 Å². The summed E-state index contributed by atoms with van der Waals surface area (Å²) in [4.78, 5) is 29.1. The number of carbonyl (C=O) groups excluding carboxylic acids is 2. The lowest BCUT2D eigenvalue weighted by Gasteiger charge is -2.36. The molecule has 4 atom stereocenters. The van der Waals surface area contributed by atoms with Gasteiger partial charge in [-0.25, -0.2) is 0 Å². The second-order valence-electron chi connectivity index (χ2n) is 13.2. The van der Waals surface area contributed by atoms with E-state index in [1.807, 2.05) is 106 Å². The van der Waals surface area contributed by atoms with Crippen LogP contribution in [0, 0.1) is 31.6 Å². The highest BCUT2D eigenvalue weighted by Crippen LogP contribution is 2.48. The highest BCUT2D eigenvalue weighted by Gasteiger charge is 2.55. The van der Waals surface area contributed by atoms with Crippen molar-refractivity contribution in [3.05, 3.63) is 130 Å². The van der Waals surface area contributed by atoms with E-state index in [9.17, 15) is 24.9 Å². The van der Waals surface area contributed by atoms with E-state index >= 15 is 0 Å². The van der Waals surface area contributed by atoms with Crippen LogP contribution in [-0.4, -0.2) is 39.8 Å². The predicted molar refractivity (Wildman–Crippen MR) is 195 cm³/mol. The molecule has 6 rings (SSSR count). The standard InChI is InChI=1S/C42H44N2O5/c1-4-29-24-35-39(42(49)44(41(35)48)34-18-16-33(17-19-34)43-32-13-9-6-10-14-32)36(25-45)38(29)37(46)20-15-31(30-11-7-5-8-12-30)23-28-21-26(2)40(47)27(3)22-28/h5-14,16-19,21-23,35-37,39,43,45-47H,4,15,20,24-25H2,1-3H3/b31-23-/t35-,36+,37-,39-/m1/s1. The van der Waals surface area contributed by atoms with Crippen LogP contribution in [0.1, 0.15) is 54.9 Å². The lowest BCUT2D eigenvalue weighted by Crippen LogP contribution is -2.39. The summed E-state index contributed by atoms with van der Waals surface area (Å²) in [5.74, 6) is -2.29. The number of amides is 2. The molecular weight excluding hydrogens is 612 g/mol. The third-order valence-electron chi connectivity index (χ3n) is 10.0. The van der Waals surface area contributed by atoms with Gasteiger partial charge < -0.3 is 20.6 Å². The number of aryl methyl sites for hydroxylation is 2. The first-order chi connectivity index (χ1) is 23.7. The molecule has 1 aliphatic carbocycles. The number of phenols is 1.